The summed E-state index contributed by atoms with van der Waals surface area (Å²) in [5.74, 6) is 0.965. The summed E-state index contributed by atoms with van der Waals surface area (Å²) in [5, 5.41) is 6.13. The number of anilines is 3. The van der Waals surface area contributed by atoms with E-state index >= 15 is 0 Å². The second kappa shape index (κ2) is 10.0. The van der Waals surface area contributed by atoms with Crippen molar-refractivity contribution in [2.24, 2.45) is 0 Å². The van der Waals surface area contributed by atoms with Gasteiger partial charge in [-0.05, 0) is 56.9 Å². The Morgan fingerprint density at radius 2 is 1.89 bits per heavy atom. The Bertz CT molecular complexity index is 773. The molecule has 1 saturated heterocycles. The first-order chi connectivity index (χ1) is 13.7. The lowest BCUT2D eigenvalue weighted by molar-refractivity contribution is 0.102. The molecule has 2 aromatic rings. The van der Waals surface area contributed by atoms with Crippen molar-refractivity contribution < 1.29 is 9.53 Å². The van der Waals surface area contributed by atoms with Crippen molar-refractivity contribution in [1.29, 1.82) is 0 Å². The first-order valence-electron chi connectivity index (χ1n) is 9.90. The molecule has 0 bridgehead atoms. The number of benzene rings is 1. The van der Waals surface area contributed by atoms with Crippen LogP contribution in [0.5, 0.6) is 0 Å². The average molecular weight is 383 g/mol. The number of nitrogens with one attached hydrogen (secondary N) is 2. The second-order valence-electron chi connectivity index (χ2n) is 7.01. The van der Waals surface area contributed by atoms with Crippen LogP contribution in [0.1, 0.15) is 42.0 Å². The van der Waals surface area contributed by atoms with Crippen LogP contribution in [0.25, 0.3) is 0 Å². The number of ether oxygens (including phenoxy) is 1. The van der Waals surface area contributed by atoms with Gasteiger partial charge in [0.15, 0.2) is 0 Å². The number of hydrogen-bond acceptors (Lipinski definition) is 6. The van der Waals surface area contributed by atoms with E-state index in [-0.39, 0.29) is 5.91 Å². The number of carbonyl (C=O) groups is 1. The van der Waals surface area contributed by atoms with E-state index in [2.05, 4.69) is 37.6 Å². The predicted octanol–water partition coefficient (Wildman–Crippen LogP) is 3.48. The van der Waals surface area contributed by atoms with Gasteiger partial charge in [-0.2, -0.15) is 0 Å². The van der Waals surface area contributed by atoms with E-state index in [9.17, 15) is 4.79 Å². The first-order valence-corrected chi connectivity index (χ1v) is 9.90. The summed E-state index contributed by atoms with van der Waals surface area (Å²) in [7, 11) is 1.68. The van der Waals surface area contributed by atoms with Gasteiger partial charge in [0.05, 0.1) is 0 Å². The van der Waals surface area contributed by atoms with Crippen LogP contribution < -0.4 is 15.5 Å². The Labute approximate surface area is 166 Å². The molecule has 1 fully saturated rings. The zero-order chi connectivity index (χ0) is 19.8. The number of amides is 1. The third kappa shape index (κ3) is 5.66. The summed E-state index contributed by atoms with van der Waals surface area (Å²) < 4.78 is 5.04. The Balaban J connectivity index is 1.61. The van der Waals surface area contributed by atoms with Crippen molar-refractivity contribution in [2.75, 3.05) is 48.9 Å². The van der Waals surface area contributed by atoms with E-state index in [0.29, 0.717) is 23.9 Å². The number of aryl methyl sites for hydroxylation is 1. The molecule has 0 saturated carbocycles. The highest BCUT2D eigenvalue weighted by Crippen LogP contribution is 2.22. The van der Waals surface area contributed by atoms with E-state index in [1.54, 1.807) is 20.1 Å². The number of piperidine rings is 1. The minimum absolute atomic E-state index is 0.240. The molecule has 1 amide bonds. The van der Waals surface area contributed by atoms with Crippen LogP contribution in [0, 0.1) is 6.92 Å². The predicted molar refractivity (Wildman–Crippen MR) is 112 cm³/mol. The molecule has 0 spiro atoms. The Kier molecular flexibility index (Phi) is 7.19. The number of methoxy groups -OCH3 is 1. The largest absolute Gasteiger partial charge is 0.385 e. The molecule has 150 valence electrons. The molecule has 1 aromatic carbocycles. The number of carbonyl (C=O) groups excluding carboxylic acids is 1. The topological polar surface area (TPSA) is 79.4 Å². The molecule has 1 aliphatic rings. The summed E-state index contributed by atoms with van der Waals surface area (Å²) in [6.45, 7) is 5.39. The Morgan fingerprint density at radius 3 is 2.61 bits per heavy atom. The fraction of sp³-hybridized carbons (Fsp3) is 0.476. The zero-order valence-electron chi connectivity index (χ0n) is 16.7. The highest BCUT2D eigenvalue weighted by molar-refractivity contribution is 6.03. The molecule has 1 aliphatic heterocycles. The van der Waals surface area contributed by atoms with Crippen LogP contribution >= 0.6 is 0 Å². The van der Waals surface area contributed by atoms with Crippen molar-refractivity contribution in [3.05, 3.63) is 41.9 Å². The highest BCUT2D eigenvalue weighted by Gasteiger charge is 2.13. The Hall–Kier alpha value is -2.67. The summed E-state index contributed by atoms with van der Waals surface area (Å²) in [6, 6.07) is 9.70. The van der Waals surface area contributed by atoms with Gasteiger partial charge >= 0.3 is 0 Å². The maximum atomic E-state index is 12.6. The van der Waals surface area contributed by atoms with Gasteiger partial charge in [0, 0.05) is 50.8 Å². The smallest absolute Gasteiger partial charge is 0.274 e. The minimum Gasteiger partial charge on any atom is -0.385 e. The molecule has 7 nitrogen and oxygen atoms in total. The summed E-state index contributed by atoms with van der Waals surface area (Å²) in [4.78, 5) is 23.6. The first kappa shape index (κ1) is 20.1. The molecule has 0 radical (unpaired) electrons. The average Bonchev–Trinajstić information content (AvgIpc) is 2.72. The van der Waals surface area contributed by atoms with Crippen LogP contribution in [0.4, 0.5) is 17.2 Å². The van der Waals surface area contributed by atoms with Crippen LogP contribution in [0.15, 0.2) is 30.3 Å². The fourth-order valence-electron chi connectivity index (χ4n) is 3.31. The second-order valence-corrected chi connectivity index (χ2v) is 7.01. The molecule has 1 aromatic heterocycles. The molecular weight excluding hydrogens is 354 g/mol. The number of aromatic nitrogens is 2. The van der Waals surface area contributed by atoms with Gasteiger partial charge in [-0.1, -0.05) is 0 Å². The number of hydrogen-bond donors (Lipinski definition) is 2. The van der Waals surface area contributed by atoms with Crippen molar-refractivity contribution in [3.63, 3.8) is 0 Å². The van der Waals surface area contributed by atoms with E-state index in [1.807, 2.05) is 12.1 Å². The molecule has 2 heterocycles. The fourth-order valence-corrected chi connectivity index (χ4v) is 3.31. The van der Waals surface area contributed by atoms with Gasteiger partial charge in [0.1, 0.15) is 17.3 Å². The van der Waals surface area contributed by atoms with E-state index in [1.165, 1.54) is 24.9 Å². The van der Waals surface area contributed by atoms with Gasteiger partial charge in [0.25, 0.3) is 5.91 Å². The van der Waals surface area contributed by atoms with Crippen LogP contribution in [0.2, 0.25) is 0 Å². The van der Waals surface area contributed by atoms with Gasteiger partial charge < -0.3 is 20.3 Å². The van der Waals surface area contributed by atoms with Crippen molar-refractivity contribution in [1.82, 2.24) is 9.97 Å². The van der Waals surface area contributed by atoms with Crippen molar-refractivity contribution >= 4 is 23.1 Å². The maximum absolute atomic E-state index is 12.6. The normalized spacial score (nSPS) is 14.0. The Morgan fingerprint density at radius 1 is 1.14 bits per heavy atom. The lowest BCUT2D eigenvalue weighted by Crippen LogP contribution is -2.29. The molecule has 0 atom stereocenters. The standard InChI is InChI=1S/C21H29N5O2/c1-16-23-19(15-20(24-16)22-11-6-14-28-2)21(27)25-17-7-9-18(10-8-17)26-12-4-3-5-13-26/h7-10,15H,3-6,11-14H2,1-2H3,(H,25,27)(H,22,23,24). The SMILES string of the molecule is COCCCNc1cc(C(=O)Nc2ccc(N3CCCCC3)cc2)nc(C)n1. The number of nitrogens with zero attached hydrogens (tertiary/aromatic N) is 3. The quantitative estimate of drug-likeness (QED) is 0.680. The third-order valence-corrected chi connectivity index (χ3v) is 4.75. The lowest BCUT2D eigenvalue weighted by Gasteiger charge is -2.28. The highest BCUT2D eigenvalue weighted by atomic mass is 16.5. The molecule has 2 N–H and O–H groups in total. The molecule has 28 heavy (non-hydrogen) atoms. The minimum atomic E-state index is -0.240. The van der Waals surface area contributed by atoms with Crippen molar-refractivity contribution in [3.8, 4) is 0 Å². The van der Waals surface area contributed by atoms with Gasteiger partial charge in [0.2, 0.25) is 0 Å². The van der Waals surface area contributed by atoms with Gasteiger partial charge in [-0.15, -0.1) is 0 Å². The molecular formula is C21H29N5O2. The van der Waals surface area contributed by atoms with Crippen LogP contribution in [-0.4, -0.2) is 49.2 Å². The van der Waals surface area contributed by atoms with Crippen LogP contribution in [0.3, 0.4) is 0 Å². The summed E-state index contributed by atoms with van der Waals surface area (Å²) >= 11 is 0. The van der Waals surface area contributed by atoms with E-state index in [4.69, 9.17) is 4.74 Å². The lowest BCUT2D eigenvalue weighted by atomic mass is 10.1. The molecule has 0 aliphatic carbocycles. The van der Waals surface area contributed by atoms with E-state index < -0.39 is 0 Å². The maximum Gasteiger partial charge on any atom is 0.274 e. The monoisotopic (exact) mass is 383 g/mol. The third-order valence-electron chi connectivity index (χ3n) is 4.75. The molecule has 0 unspecified atom stereocenters. The van der Waals surface area contributed by atoms with Crippen LogP contribution in [-0.2, 0) is 4.74 Å². The summed E-state index contributed by atoms with van der Waals surface area (Å²) in [5.41, 5.74) is 2.32. The van der Waals surface area contributed by atoms with E-state index in [0.717, 1.165) is 31.7 Å². The number of rotatable bonds is 8. The van der Waals surface area contributed by atoms with Gasteiger partial charge in [-0.25, -0.2) is 9.97 Å². The van der Waals surface area contributed by atoms with Crippen molar-refractivity contribution in [2.45, 2.75) is 32.6 Å². The van der Waals surface area contributed by atoms with Gasteiger partial charge in [-0.3, -0.25) is 4.79 Å². The molecule has 3 rings (SSSR count). The molecule has 7 heteroatoms. The zero-order valence-corrected chi connectivity index (χ0v) is 16.7. The summed E-state index contributed by atoms with van der Waals surface area (Å²) in [6.07, 6.45) is 4.66.